The third kappa shape index (κ3) is 3.61. The Kier molecular flexibility index (Phi) is 4.39. The highest BCUT2D eigenvalue weighted by molar-refractivity contribution is 5.81. The molecule has 2 aliphatic rings. The number of carbonyl (C=O) groups is 1. The SMILES string of the molecule is Cc1cc(O)c(CN2CCC(NC(=O)C3CC3)CC2)cc1C. The van der Waals surface area contributed by atoms with Crippen LogP contribution in [0.2, 0.25) is 0 Å². The molecule has 1 saturated heterocycles. The van der Waals surface area contributed by atoms with Gasteiger partial charge in [-0.2, -0.15) is 0 Å². The quantitative estimate of drug-likeness (QED) is 0.898. The molecule has 0 bridgehead atoms. The predicted molar refractivity (Wildman–Crippen MR) is 86.7 cm³/mol. The van der Waals surface area contributed by atoms with Gasteiger partial charge in [-0.3, -0.25) is 9.69 Å². The van der Waals surface area contributed by atoms with Gasteiger partial charge in [-0.1, -0.05) is 6.07 Å². The van der Waals surface area contributed by atoms with E-state index in [0.29, 0.717) is 17.7 Å². The lowest BCUT2D eigenvalue weighted by molar-refractivity contribution is -0.123. The summed E-state index contributed by atoms with van der Waals surface area (Å²) in [4.78, 5) is 14.2. The van der Waals surface area contributed by atoms with E-state index in [-0.39, 0.29) is 5.91 Å². The molecule has 1 heterocycles. The minimum atomic E-state index is 0.255. The number of hydrogen-bond acceptors (Lipinski definition) is 3. The summed E-state index contributed by atoms with van der Waals surface area (Å²) in [5.74, 6) is 0.947. The number of phenolic OH excluding ortho intramolecular Hbond substituents is 1. The summed E-state index contributed by atoms with van der Waals surface area (Å²) in [5.41, 5.74) is 3.35. The van der Waals surface area contributed by atoms with Crippen molar-refractivity contribution in [3.05, 3.63) is 28.8 Å². The molecular weight excluding hydrogens is 276 g/mol. The van der Waals surface area contributed by atoms with E-state index in [1.54, 1.807) is 0 Å². The van der Waals surface area contributed by atoms with Crippen molar-refractivity contribution in [3.63, 3.8) is 0 Å². The van der Waals surface area contributed by atoms with Gasteiger partial charge < -0.3 is 10.4 Å². The largest absolute Gasteiger partial charge is 0.508 e. The Labute approximate surface area is 132 Å². The Morgan fingerprint density at radius 3 is 2.45 bits per heavy atom. The van der Waals surface area contributed by atoms with Gasteiger partial charge in [-0.15, -0.1) is 0 Å². The molecule has 0 radical (unpaired) electrons. The van der Waals surface area contributed by atoms with Crippen molar-refractivity contribution >= 4 is 5.91 Å². The van der Waals surface area contributed by atoms with Gasteiger partial charge in [0.1, 0.15) is 5.75 Å². The van der Waals surface area contributed by atoms with Crippen molar-refractivity contribution in [1.29, 1.82) is 0 Å². The van der Waals surface area contributed by atoms with E-state index in [1.165, 1.54) is 5.56 Å². The Morgan fingerprint density at radius 1 is 1.18 bits per heavy atom. The first kappa shape index (κ1) is 15.3. The predicted octanol–water partition coefficient (Wildman–Crippen LogP) is 2.50. The van der Waals surface area contributed by atoms with Crippen LogP contribution in [-0.4, -0.2) is 35.0 Å². The molecule has 2 fully saturated rings. The molecule has 0 aromatic heterocycles. The Bertz CT molecular complexity index is 558. The summed E-state index contributed by atoms with van der Waals surface area (Å²) in [6, 6.07) is 4.27. The molecule has 4 nitrogen and oxygen atoms in total. The first-order valence-electron chi connectivity index (χ1n) is 8.35. The molecule has 0 spiro atoms. The van der Waals surface area contributed by atoms with Crippen LogP contribution in [0.1, 0.15) is 42.4 Å². The van der Waals surface area contributed by atoms with Crippen molar-refractivity contribution in [2.75, 3.05) is 13.1 Å². The van der Waals surface area contributed by atoms with Crippen molar-refractivity contribution < 1.29 is 9.90 Å². The number of rotatable bonds is 4. The second kappa shape index (κ2) is 6.29. The normalized spacial score (nSPS) is 20.1. The van der Waals surface area contributed by atoms with Crippen LogP contribution in [0.4, 0.5) is 0 Å². The van der Waals surface area contributed by atoms with Crippen molar-refractivity contribution in [2.24, 2.45) is 5.92 Å². The number of hydrogen-bond donors (Lipinski definition) is 2. The average Bonchev–Trinajstić information content (AvgIpc) is 3.31. The van der Waals surface area contributed by atoms with E-state index in [2.05, 4.69) is 23.2 Å². The molecule has 1 aliphatic heterocycles. The highest BCUT2D eigenvalue weighted by atomic mass is 16.3. The number of likely N-dealkylation sites (tertiary alicyclic amines) is 1. The number of aryl methyl sites for hydroxylation is 2. The van der Waals surface area contributed by atoms with Gasteiger partial charge in [0.2, 0.25) is 5.91 Å². The lowest BCUT2D eigenvalue weighted by Crippen LogP contribution is -2.44. The molecule has 0 atom stereocenters. The fraction of sp³-hybridized carbons (Fsp3) is 0.611. The molecule has 1 aliphatic carbocycles. The smallest absolute Gasteiger partial charge is 0.223 e. The number of nitrogens with zero attached hydrogens (tertiary/aromatic N) is 1. The Morgan fingerprint density at radius 2 is 1.82 bits per heavy atom. The van der Waals surface area contributed by atoms with E-state index in [9.17, 15) is 9.90 Å². The fourth-order valence-corrected chi connectivity index (χ4v) is 3.13. The molecule has 1 saturated carbocycles. The van der Waals surface area contributed by atoms with Gasteiger partial charge in [0.15, 0.2) is 0 Å². The lowest BCUT2D eigenvalue weighted by atomic mass is 10.0. The summed E-state index contributed by atoms with van der Waals surface area (Å²) >= 11 is 0. The summed E-state index contributed by atoms with van der Waals surface area (Å²) in [6.07, 6.45) is 4.14. The first-order valence-corrected chi connectivity index (χ1v) is 8.35. The maximum atomic E-state index is 11.8. The van der Waals surface area contributed by atoms with Gasteiger partial charge in [0.05, 0.1) is 0 Å². The Balaban J connectivity index is 1.51. The fourth-order valence-electron chi connectivity index (χ4n) is 3.13. The number of aromatic hydroxyl groups is 1. The molecule has 22 heavy (non-hydrogen) atoms. The van der Waals surface area contributed by atoms with Crippen molar-refractivity contribution in [3.8, 4) is 5.75 Å². The first-order chi connectivity index (χ1) is 10.5. The van der Waals surface area contributed by atoms with Crippen LogP contribution in [0.3, 0.4) is 0 Å². The van der Waals surface area contributed by atoms with Crippen LogP contribution < -0.4 is 5.32 Å². The molecular formula is C18H26N2O2. The summed E-state index contributed by atoms with van der Waals surface area (Å²) in [5, 5.41) is 13.3. The third-order valence-electron chi connectivity index (χ3n) is 4.97. The lowest BCUT2D eigenvalue weighted by Gasteiger charge is -2.32. The summed E-state index contributed by atoms with van der Waals surface area (Å²) < 4.78 is 0. The number of benzene rings is 1. The van der Waals surface area contributed by atoms with Crippen LogP contribution in [0, 0.1) is 19.8 Å². The van der Waals surface area contributed by atoms with Gasteiger partial charge in [-0.05, 0) is 56.7 Å². The van der Waals surface area contributed by atoms with E-state index in [1.807, 2.05) is 13.0 Å². The summed E-state index contributed by atoms with van der Waals surface area (Å²) in [6.45, 7) is 6.84. The van der Waals surface area contributed by atoms with Crippen molar-refractivity contribution in [1.82, 2.24) is 10.2 Å². The van der Waals surface area contributed by atoms with Gasteiger partial charge >= 0.3 is 0 Å². The standard InChI is InChI=1S/C18H26N2O2/c1-12-9-15(17(21)10-13(12)2)11-20-7-5-16(6-8-20)19-18(22)14-3-4-14/h9-10,14,16,21H,3-8,11H2,1-2H3,(H,19,22). The molecule has 120 valence electrons. The molecule has 2 N–H and O–H groups in total. The number of amides is 1. The minimum Gasteiger partial charge on any atom is -0.508 e. The number of carbonyl (C=O) groups excluding carboxylic acids is 1. The van der Waals surface area contributed by atoms with Gasteiger partial charge in [-0.25, -0.2) is 0 Å². The van der Waals surface area contributed by atoms with Crippen LogP contribution >= 0.6 is 0 Å². The number of phenols is 1. The second-order valence-corrected chi connectivity index (χ2v) is 6.90. The van der Waals surface area contributed by atoms with Crippen LogP contribution in [0.5, 0.6) is 5.75 Å². The maximum Gasteiger partial charge on any atom is 0.223 e. The van der Waals surface area contributed by atoms with E-state index in [0.717, 1.165) is 56.4 Å². The van der Waals surface area contributed by atoms with E-state index < -0.39 is 0 Å². The zero-order valence-corrected chi connectivity index (χ0v) is 13.6. The summed E-state index contributed by atoms with van der Waals surface area (Å²) in [7, 11) is 0. The molecule has 1 aromatic rings. The van der Waals surface area contributed by atoms with Crippen LogP contribution in [0.15, 0.2) is 12.1 Å². The van der Waals surface area contributed by atoms with Crippen molar-refractivity contribution in [2.45, 2.75) is 52.1 Å². The average molecular weight is 302 g/mol. The van der Waals surface area contributed by atoms with Gasteiger partial charge in [0.25, 0.3) is 0 Å². The van der Waals surface area contributed by atoms with Gasteiger partial charge in [0, 0.05) is 37.2 Å². The Hall–Kier alpha value is -1.55. The van der Waals surface area contributed by atoms with E-state index >= 15 is 0 Å². The van der Waals surface area contributed by atoms with E-state index in [4.69, 9.17) is 0 Å². The molecule has 1 amide bonds. The molecule has 1 aromatic carbocycles. The maximum absolute atomic E-state index is 11.8. The zero-order chi connectivity index (χ0) is 15.7. The molecule has 3 rings (SSSR count). The second-order valence-electron chi connectivity index (χ2n) is 6.90. The van der Waals surface area contributed by atoms with Crippen LogP contribution in [-0.2, 0) is 11.3 Å². The number of nitrogens with one attached hydrogen (secondary N) is 1. The molecule has 0 unspecified atom stereocenters. The minimum absolute atomic E-state index is 0.255. The molecule has 4 heteroatoms. The monoisotopic (exact) mass is 302 g/mol. The third-order valence-corrected chi connectivity index (χ3v) is 4.97. The van der Waals surface area contributed by atoms with Crippen LogP contribution in [0.25, 0.3) is 0 Å². The highest BCUT2D eigenvalue weighted by Gasteiger charge is 2.31. The number of piperidine rings is 1. The zero-order valence-electron chi connectivity index (χ0n) is 13.6. The topological polar surface area (TPSA) is 52.6 Å². The highest BCUT2D eigenvalue weighted by Crippen LogP contribution is 2.29.